The van der Waals surface area contributed by atoms with Gasteiger partial charge in [0.25, 0.3) is 0 Å². The number of nitrogen functional groups attached to an aromatic ring is 2. The van der Waals surface area contributed by atoms with Gasteiger partial charge in [-0.15, -0.1) is 0 Å². The van der Waals surface area contributed by atoms with Crippen LogP contribution in [0.4, 0.5) is 11.6 Å². The number of nitrogens with zero attached hydrogens (tertiary/aromatic N) is 8. The number of aliphatic hydroxyl groups is 2. The van der Waals surface area contributed by atoms with Gasteiger partial charge in [-0.2, -0.15) is 0 Å². The van der Waals surface area contributed by atoms with Crippen LogP contribution in [0, 0.1) is 0 Å². The third-order valence-electron chi connectivity index (χ3n) is 7.26. The highest BCUT2D eigenvalue weighted by molar-refractivity contribution is 8.44. The fourth-order valence-electron chi connectivity index (χ4n) is 5.22. The molecule has 0 spiro atoms. The van der Waals surface area contributed by atoms with Crippen LogP contribution in [0.3, 0.4) is 0 Å². The number of anilines is 2. The van der Waals surface area contributed by atoms with E-state index in [1.807, 2.05) is 0 Å². The zero-order valence-electron chi connectivity index (χ0n) is 22.0. The number of aromatic nitrogens is 8. The van der Waals surface area contributed by atoms with Crippen LogP contribution in [0.5, 0.6) is 0 Å². The van der Waals surface area contributed by atoms with Crippen molar-refractivity contribution >= 4 is 71.5 Å². The molecule has 3 saturated heterocycles. The van der Waals surface area contributed by atoms with Gasteiger partial charge in [0.05, 0.1) is 25.9 Å². The summed E-state index contributed by atoms with van der Waals surface area (Å²) in [6.45, 7) is -9.48. The molecule has 7 N–H and O–H groups in total. The summed E-state index contributed by atoms with van der Waals surface area (Å²) in [6.07, 6.45) is -5.39. The molecule has 4 aromatic heterocycles. The molecule has 20 nitrogen and oxygen atoms in total. The predicted molar refractivity (Wildman–Crippen MR) is 154 cm³/mol. The molecule has 0 aliphatic carbocycles. The summed E-state index contributed by atoms with van der Waals surface area (Å²) in [5.74, 6) is 0.202. The monoisotopic (exact) mass is 690 g/mol. The Kier molecular flexibility index (Phi) is 7.64. The van der Waals surface area contributed by atoms with Crippen LogP contribution in [0.15, 0.2) is 25.3 Å². The lowest BCUT2D eigenvalue weighted by molar-refractivity contribution is -0.0594. The van der Waals surface area contributed by atoms with E-state index in [4.69, 9.17) is 50.8 Å². The SMILES string of the molecule is Nc1ncnc2c1ncn2[C@@H]1O[C@@H]2COP(O)(=S)O[C@@H]3[C@H](O)C(COP(=O)(S)O[C@H]2[C@H]1O)O[C@H]3n1cnc2c(N)ncnc21. The third-order valence-corrected chi connectivity index (χ3v) is 10.4. The number of nitrogens with two attached hydrogens (primary N) is 2. The number of thiol groups is 1. The second-order valence-corrected chi connectivity index (χ2v) is 15.6. The van der Waals surface area contributed by atoms with Gasteiger partial charge in [-0.05, 0) is 11.8 Å². The Hall–Kier alpha value is -2.43. The molecule has 24 heteroatoms. The first-order valence-electron chi connectivity index (χ1n) is 12.8. The van der Waals surface area contributed by atoms with Gasteiger partial charge in [0.2, 0.25) is 0 Å². The summed E-state index contributed by atoms with van der Waals surface area (Å²) in [5, 5.41) is 22.4. The molecule has 3 aliphatic heterocycles. The third kappa shape index (κ3) is 5.28. The van der Waals surface area contributed by atoms with Crippen LogP contribution in [-0.2, 0) is 43.9 Å². The van der Waals surface area contributed by atoms with E-state index in [0.717, 1.165) is 0 Å². The normalized spacial score (nSPS) is 38.3. The smallest absolute Gasteiger partial charge is 0.386 e. The van der Waals surface area contributed by atoms with Gasteiger partial charge in [-0.1, -0.05) is 12.2 Å². The highest BCUT2D eigenvalue weighted by Crippen LogP contribution is 2.58. The molecule has 4 aromatic rings. The van der Waals surface area contributed by atoms with Crippen LogP contribution in [0.1, 0.15) is 12.5 Å². The van der Waals surface area contributed by atoms with Gasteiger partial charge in [-0.3, -0.25) is 22.7 Å². The largest absolute Gasteiger partial charge is 0.387 e. The summed E-state index contributed by atoms with van der Waals surface area (Å²) in [7, 11) is 0. The maximum absolute atomic E-state index is 13.4. The zero-order chi connectivity index (χ0) is 31.0. The number of ether oxygens (including phenoxy) is 2. The number of fused-ring (bicyclic) bond motifs is 5. The second-order valence-electron chi connectivity index (χ2n) is 9.95. The van der Waals surface area contributed by atoms with E-state index in [0.29, 0.717) is 0 Å². The Labute approximate surface area is 256 Å². The Morgan fingerprint density at radius 1 is 0.818 bits per heavy atom. The first kappa shape index (κ1) is 30.2. The summed E-state index contributed by atoms with van der Waals surface area (Å²) in [4.78, 5) is 35.6. The average molecular weight is 691 g/mol. The van der Waals surface area contributed by atoms with E-state index in [1.165, 1.54) is 34.4 Å². The van der Waals surface area contributed by atoms with Crippen LogP contribution in [0.25, 0.3) is 22.3 Å². The quantitative estimate of drug-likeness (QED) is 0.113. The van der Waals surface area contributed by atoms with Crippen molar-refractivity contribution < 1.29 is 47.2 Å². The Balaban J connectivity index is 1.20. The lowest BCUT2D eigenvalue weighted by Crippen LogP contribution is -2.36. The maximum atomic E-state index is 13.4. The summed E-state index contributed by atoms with van der Waals surface area (Å²) in [6, 6.07) is 0. The van der Waals surface area contributed by atoms with E-state index >= 15 is 0 Å². The lowest BCUT2D eigenvalue weighted by Gasteiger charge is -2.27. The Morgan fingerprint density at radius 2 is 1.39 bits per heavy atom. The molecule has 0 amide bonds. The van der Waals surface area contributed by atoms with E-state index in [-0.39, 0.29) is 34.0 Å². The first-order valence-corrected chi connectivity index (χ1v) is 18.1. The molecule has 3 fully saturated rings. The van der Waals surface area contributed by atoms with Crippen LogP contribution in [-0.4, -0.2) is 104 Å². The molecular formula is C20H24N10O10P2S2. The van der Waals surface area contributed by atoms with E-state index in [1.54, 1.807) is 0 Å². The van der Waals surface area contributed by atoms with Crippen molar-refractivity contribution in [1.82, 2.24) is 39.0 Å². The highest BCUT2D eigenvalue weighted by atomic mass is 32.7. The maximum Gasteiger partial charge on any atom is 0.386 e. The number of imidazole rings is 2. The minimum atomic E-state index is -4.27. The molecule has 7 rings (SSSR count). The highest BCUT2D eigenvalue weighted by Gasteiger charge is 2.53. The molecule has 236 valence electrons. The zero-order valence-corrected chi connectivity index (χ0v) is 25.5. The number of hydrogen-bond donors (Lipinski definition) is 6. The minimum Gasteiger partial charge on any atom is -0.387 e. The molecule has 0 radical (unpaired) electrons. The molecule has 7 heterocycles. The summed E-state index contributed by atoms with van der Waals surface area (Å²) in [5.41, 5.74) is 12.8. The summed E-state index contributed by atoms with van der Waals surface area (Å²) < 4.78 is 50.7. The molecule has 3 aliphatic rings. The van der Waals surface area contributed by atoms with Gasteiger partial charge >= 0.3 is 13.5 Å². The first-order chi connectivity index (χ1) is 20.9. The van der Waals surface area contributed by atoms with Gasteiger partial charge in [-0.25, -0.2) is 34.5 Å². The molecule has 3 unspecified atom stereocenters. The Bertz CT molecular complexity index is 1830. The van der Waals surface area contributed by atoms with E-state index in [2.05, 4.69) is 42.2 Å². The fourth-order valence-corrected chi connectivity index (χ4v) is 8.13. The van der Waals surface area contributed by atoms with Crippen molar-refractivity contribution in [3.8, 4) is 0 Å². The van der Waals surface area contributed by atoms with Crippen molar-refractivity contribution in [3.63, 3.8) is 0 Å². The molecule has 0 saturated carbocycles. The van der Waals surface area contributed by atoms with E-state index < -0.39 is 75.8 Å². The number of hydrogen-bond acceptors (Lipinski definition) is 18. The minimum absolute atomic E-state index is 0.0989. The van der Waals surface area contributed by atoms with Gasteiger partial charge < -0.3 is 40.6 Å². The topological polar surface area (TPSA) is 272 Å². The lowest BCUT2D eigenvalue weighted by atomic mass is 10.1. The van der Waals surface area contributed by atoms with Crippen molar-refractivity contribution in [3.05, 3.63) is 25.3 Å². The Morgan fingerprint density at radius 3 is 2.02 bits per heavy atom. The molecular weight excluding hydrogens is 666 g/mol. The number of aliphatic hydroxyl groups excluding tert-OH is 2. The van der Waals surface area contributed by atoms with Crippen molar-refractivity contribution in [2.45, 2.75) is 49.1 Å². The van der Waals surface area contributed by atoms with E-state index in [9.17, 15) is 19.7 Å². The van der Waals surface area contributed by atoms with Gasteiger partial charge in [0.15, 0.2) is 35.4 Å². The average Bonchev–Trinajstić information content (AvgIpc) is 3.73. The van der Waals surface area contributed by atoms with Gasteiger partial charge in [0.1, 0.15) is 60.3 Å². The van der Waals surface area contributed by atoms with Crippen molar-refractivity contribution in [1.29, 1.82) is 0 Å². The van der Waals surface area contributed by atoms with Crippen molar-refractivity contribution in [2.75, 3.05) is 24.7 Å². The molecule has 0 aromatic carbocycles. The summed E-state index contributed by atoms with van der Waals surface area (Å²) >= 11 is 9.35. The number of rotatable bonds is 2. The van der Waals surface area contributed by atoms with Crippen LogP contribution >= 0.6 is 25.8 Å². The molecule has 44 heavy (non-hydrogen) atoms. The molecule has 2 bridgehead atoms. The second kappa shape index (κ2) is 11.1. The van der Waals surface area contributed by atoms with Crippen LogP contribution < -0.4 is 11.5 Å². The fraction of sp³-hybridized carbons (Fsp3) is 0.500. The predicted octanol–water partition coefficient (Wildman–Crippen LogP) is -0.581. The molecule has 10 atom stereocenters. The van der Waals surface area contributed by atoms with Gasteiger partial charge in [0, 0.05) is 0 Å². The van der Waals surface area contributed by atoms with Crippen LogP contribution in [0.2, 0.25) is 0 Å². The standard InChI is InChI=1S/C20H24N10O10P2S2/c21-15-9-17(25-3-23-15)29(5-27-9)19-12(32)13-8(38-19)2-36-42(34,44)40-14-11(31)7(1-35-41(33,43)39-13)37-20(14)30-6-28-10-16(22)24-4-26-18(10)30/h3-8,11-14,19-20,31-32H,1-2H2,(H,33,43)(H,34,44)(H2,21,23,25)(H2,22,24,26)/t7?,8-,11-,12-,13-,14-,19-,20-,41?,42?/m1/s1. The van der Waals surface area contributed by atoms with Crippen molar-refractivity contribution in [2.24, 2.45) is 0 Å².